The summed E-state index contributed by atoms with van der Waals surface area (Å²) in [4.78, 5) is 24.4. The van der Waals surface area contributed by atoms with Crippen LogP contribution >= 0.6 is 0 Å². The molecule has 0 saturated carbocycles. The van der Waals surface area contributed by atoms with Crippen LogP contribution in [0.4, 0.5) is 0 Å². The fourth-order valence-electron chi connectivity index (χ4n) is 1.86. The van der Waals surface area contributed by atoms with Gasteiger partial charge in [-0.25, -0.2) is 0 Å². The van der Waals surface area contributed by atoms with Crippen molar-refractivity contribution in [2.45, 2.75) is 32.7 Å². The highest BCUT2D eigenvalue weighted by molar-refractivity contribution is 5.78. The molecule has 5 heteroatoms. The summed E-state index contributed by atoms with van der Waals surface area (Å²) in [7, 11) is 0. The number of rotatable bonds is 4. The molecule has 92 valence electrons. The SMILES string of the molecule is CCNCC(=O)NC1CCN(C(C)=O)CC1. The summed E-state index contributed by atoms with van der Waals surface area (Å²) in [6.45, 7) is 6.24. The van der Waals surface area contributed by atoms with Crippen molar-refractivity contribution in [1.82, 2.24) is 15.5 Å². The zero-order chi connectivity index (χ0) is 12.0. The van der Waals surface area contributed by atoms with E-state index in [9.17, 15) is 9.59 Å². The number of nitrogens with zero attached hydrogens (tertiary/aromatic N) is 1. The maximum atomic E-state index is 11.4. The van der Waals surface area contributed by atoms with Gasteiger partial charge in [0.15, 0.2) is 0 Å². The van der Waals surface area contributed by atoms with Crippen molar-refractivity contribution < 1.29 is 9.59 Å². The van der Waals surface area contributed by atoms with Crippen molar-refractivity contribution in [3.05, 3.63) is 0 Å². The van der Waals surface area contributed by atoms with Crippen LogP contribution in [0.2, 0.25) is 0 Å². The lowest BCUT2D eigenvalue weighted by Crippen LogP contribution is -2.47. The Labute approximate surface area is 96.6 Å². The average molecular weight is 227 g/mol. The molecular weight excluding hydrogens is 206 g/mol. The molecule has 1 saturated heterocycles. The van der Waals surface area contributed by atoms with Crippen LogP contribution in [0.25, 0.3) is 0 Å². The molecular formula is C11H21N3O2. The highest BCUT2D eigenvalue weighted by Crippen LogP contribution is 2.09. The normalized spacial score (nSPS) is 17.2. The lowest BCUT2D eigenvalue weighted by molar-refractivity contribution is -0.130. The molecule has 5 nitrogen and oxygen atoms in total. The molecule has 0 aromatic heterocycles. The van der Waals surface area contributed by atoms with Crippen molar-refractivity contribution in [3.63, 3.8) is 0 Å². The van der Waals surface area contributed by atoms with Gasteiger partial charge in [-0.05, 0) is 19.4 Å². The van der Waals surface area contributed by atoms with Gasteiger partial charge in [0.1, 0.15) is 0 Å². The quantitative estimate of drug-likeness (QED) is 0.694. The van der Waals surface area contributed by atoms with Gasteiger partial charge in [-0.1, -0.05) is 6.92 Å². The van der Waals surface area contributed by atoms with E-state index in [-0.39, 0.29) is 17.9 Å². The minimum absolute atomic E-state index is 0.0446. The van der Waals surface area contributed by atoms with Gasteiger partial charge in [-0.15, -0.1) is 0 Å². The van der Waals surface area contributed by atoms with Crippen LogP contribution in [0.15, 0.2) is 0 Å². The molecule has 0 unspecified atom stereocenters. The summed E-state index contributed by atoms with van der Waals surface area (Å²) >= 11 is 0. The molecule has 2 N–H and O–H groups in total. The molecule has 0 spiro atoms. The standard InChI is InChI=1S/C11H21N3O2/c1-3-12-8-11(16)13-10-4-6-14(7-5-10)9(2)15/h10,12H,3-8H2,1-2H3,(H,13,16). The van der Waals surface area contributed by atoms with Gasteiger partial charge in [-0.2, -0.15) is 0 Å². The van der Waals surface area contributed by atoms with E-state index in [1.54, 1.807) is 6.92 Å². The smallest absolute Gasteiger partial charge is 0.234 e. The number of hydrogen-bond donors (Lipinski definition) is 2. The molecule has 1 rings (SSSR count). The van der Waals surface area contributed by atoms with Crippen LogP contribution in [-0.2, 0) is 9.59 Å². The maximum Gasteiger partial charge on any atom is 0.234 e. The molecule has 0 aliphatic carbocycles. The number of piperidine rings is 1. The van der Waals surface area contributed by atoms with Gasteiger partial charge in [-0.3, -0.25) is 9.59 Å². The summed E-state index contributed by atoms with van der Waals surface area (Å²) in [5.74, 6) is 0.167. The predicted octanol–water partition coefficient (Wildman–Crippen LogP) is -0.277. The molecule has 0 atom stereocenters. The van der Waals surface area contributed by atoms with E-state index in [2.05, 4.69) is 10.6 Å². The zero-order valence-corrected chi connectivity index (χ0v) is 10.1. The minimum Gasteiger partial charge on any atom is -0.352 e. The molecule has 0 radical (unpaired) electrons. The Bertz CT molecular complexity index is 248. The number of carbonyl (C=O) groups is 2. The molecule has 1 aliphatic heterocycles. The summed E-state index contributed by atoms with van der Waals surface area (Å²) in [6.07, 6.45) is 1.72. The Morgan fingerprint density at radius 2 is 1.94 bits per heavy atom. The third-order valence-corrected chi connectivity index (χ3v) is 2.84. The first-order chi connectivity index (χ1) is 7.63. The first kappa shape index (κ1) is 13.0. The fourth-order valence-corrected chi connectivity index (χ4v) is 1.86. The summed E-state index contributed by atoms with van der Waals surface area (Å²) in [5.41, 5.74) is 0. The van der Waals surface area contributed by atoms with E-state index in [4.69, 9.17) is 0 Å². The van der Waals surface area contributed by atoms with Crippen LogP contribution in [-0.4, -0.2) is 48.9 Å². The molecule has 1 fully saturated rings. The number of amides is 2. The second-order valence-electron chi connectivity index (χ2n) is 4.13. The van der Waals surface area contributed by atoms with Gasteiger partial charge >= 0.3 is 0 Å². The van der Waals surface area contributed by atoms with Gasteiger partial charge in [0, 0.05) is 26.1 Å². The van der Waals surface area contributed by atoms with Gasteiger partial charge in [0.25, 0.3) is 0 Å². The van der Waals surface area contributed by atoms with Crippen molar-refractivity contribution in [2.24, 2.45) is 0 Å². The third kappa shape index (κ3) is 4.18. The monoisotopic (exact) mass is 227 g/mol. The average Bonchev–Trinajstić information content (AvgIpc) is 2.27. The number of likely N-dealkylation sites (N-methyl/N-ethyl adjacent to an activating group) is 1. The van der Waals surface area contributed by atoms with Crippen LogP contribution < -0.4 is 10.6 Å². The highest BCUT2D eigenvalue weighted by Gasteiger charge is 2.21. The van der Waals surface area contributed by atoms with Crippen LogP contribution in [0.1, 0.15) is 26.7 Å². The van der Waals surface area contributed by atoms with Crippen molar-refractivity contribution in [1.29, 1.82) is 0 Å². The van der Waals surface area contributed by atoms with Gasteiger partial charge < -0.3 is 15.5 Å². The van der Waals surface area contributed by atoms with E-state index < -0.39 is 0 Å². The molecule has 0 aromatic rings. The summed E-state index contributed by atoms with van der Waals surface area (Å²) < 4.78 is 0. The molecule has 0 bridgehead atoms. The number of nitrogens with one attached hydrogen (secondary N) is 2. The first-order valence-corrected chi connectivity index (χ1v) is 5.89. The Hall–Kier alpha value is -1.10. The fraction of sp³-hybridized carbons (Fsp3) is 0.818. The Morgan fingerprint density at radius 3 is 2.44 bits per heavy atom. The summed E-state index contributed by atoms with van der Waals surface area (Å²) in [6, 6.07) is 0.224. The van der Waals surface area contributed by atoms with Crippen molar-refractivity contribution in [3.8, 4) is 0 Å². The van der Waals surface area contributed by atoms with Crippen molar-refractivity contribution >= 4 is 11.8 Å². The molecule has 1 aliphatic rings. The second kappa shape index (κ2) is 6.48. The number of hydrogen-bond acceptors (Lipinski definition) is 3. The number of carbonyl (C=O) groups excluding carboxylic acids is 2. The number of likely N-dealkylation sites (tertiary alicyclic amines) is 1. The molecule has 0 aromatic carbocycles. The van der Waals surface area contributed by atoms with Crippen LogP contribution in [0, 0.1) is 0 Å². The van der Waals surface area contributed by atoms with Gasteiger partial charge in [0.05, 0.1) is 6.54 Å². The lowest BCUT2D eigenvalue weighted by atomic mass is 10.1. The van der Waals surface area contributed by atoms with E-state index in [1.165, 1.54) is 0 Å². The molecule has 16 heavy (non-hydrogen) atoms. The highest BCUT2D eigenvalue weighted by atomic mass is 16.2. The van der Waals surface area contributed by atoms with Crippen LogP contribution in [0.3, 0.4) is 0 Å². The van der Waals surface area contributed by atoms with E-state index in [0.29, 0.717) is 6.54 Å². The topological polar surface area (TPSA) is 61.4 Å². The van der Waals surface area contributed by atoms with Crippen molar-refractivity contribution in [2.75, 3.05) is 26.2 Å². The minimum atomic E-state index is 0.0446. The summed E-state index contributed by atoms with van der Waals surface area (Å²) in [5, 5.41) is 5.96. The predicted molar refractivity (Wildman–Crippen MR) is 62.0 cm³/mol. The molecule has 1 heterocycles. The Morgan fingerprint density at radius 1 is 1.31 bits per heavy atom. The Kier molecular flexibility index (Phi) is 5.25. The first-order valence-electron chi connectivity index (χ1n) is 5.89. The third-order valence-electron chi connectivity index (χ3n) is 2.84. The lowest BCUT2D eigenvalue weighted by Gasteiger charge is -2.31. The Balaban J connectivity index is 2.21. The maximum absolute atomic E-state index is 11.4. The van der Waals surface area contributed by atoms with Gasteiger partial charge in [0.2, 0.25) is 11.8 Å². The largest absolute Gasteiger partial charge is 0.352 e. The second-order valence-corrected chi connectivity index (χ2v) is 4.13. The van der Waals surface area contributed by atoms with E-state index in [0.717, 1.165) is 32.5 Å². The molecule has 2 amide bonds. The van der Waals surface area contributed by atoms with Crippen LogP contribution in [0.5, 0.6) is 0 Å². The zero-order valence-electron chi connectivity index (χ0n) is 10.1. The van der Waals surface area contributed by atoms with E-state index in [1.807, 2.05) is 11.8 Å². The van der Waals surface area contributed by atoms with E-state index >= 15 is 0 Å².